The van der Waals surface area contributed by atoms with Crippen LogP contribution in [0.25, 0.3) is 0 Å². The number of nitrogens with two attached hydrogens (primary N) is 1. The Hall–Kier alpha value is -1.85. The number of amides is 1. The lowest BCUT2D eigenvalue weighted by Gasteiger charge is -2.23. The smallest absolute Gasteiger partial charge is 0.259 e. The number of para-hydroxylation sites is 2. The van der Waals surface area contributed by atoms with Gasteiger partial charge in [0.2, 0.25) is 0 Å². The third kappa shape index (κ3) is 3.00. The van der Waals surface area contributed by atoms with Gasteiger partial charge in [-0.2, -0.15) is 0 Å². The molecule has 0 unspecified atom stereocenters. The maximum absolute atomic E-state index is 12.6. The monoisotopic (exact) mass is 334 g/mol. The second kappa shape index (κ2) is 6.54. The zero-order valence-corrected chi connectivity index (χ0v) is 12.4. The van der Waals surface area contributed by atoms with E-state index in [1.807, 2.05) is 12.1 Å². The molecular weight excluding hydrogens is 320 g/mol. The predicted molar refractivity (Wildman–Crippen MR) is 83.8 cm³/mol. The number of rotatable bonds is 4. The summed E-state index contributed by atoms with van der Waals surface area (Å²) < 4.78 is 0.711. The molecule has 0 aromatic heterocycles. The molecule has 0 bridgehead atoms. The van der Waals surface area contributed by atoms with E-state index in [1.165, 1.54) is 4.90 Å². The summed E-state index contributed by atoms with van der Waals surface area (Å²) in [5, 5.41) is 9.21. The van der Waals surface area contributed by atoms with Crippen molar-refractivity contribution in [3.8, 4) is 0 Å². The van der Waals surface area contributed by atoms with Crippen molar-refractivity contribution in [2.75, 3.05) is 23.8 Å². The van der Waals surface area contributed by atoms with Gasteiger partial charge in [0.1, 0.15) is 0 Å². The van der Waals surface area contributed by atoms with Crippen LogP contribution in [0.3, 0.4) is 0 Å². The number of hydrogen-bond donors (Lipinski definition) is 2. The zero-order valence-electron chi connectivity index (χ0n) is 10.8. The summed E-state index contributed by atoms with van der Waals surface area (Å²) in [5.41, 5.74) is 7.55. The minimum absolute atomic E-state index is 0.134. The molecule has 20 heavy (non-hydrogen) atoms. The van der Waals surface area contributed by atoms with E-state index in [9.17, 15) is 9.90 Å². The fourth-order valence-electron chi connectivity index (χ4n) is 1.94. The van der Waals surface area contributed by atoms with Crippen LogP contribution in [0.2, 0.25) is 0 Å². The average Bonchev–Trinajstić information content (AvgIpc) is 2.46. The van der Waals surface area contributed by atoms with Crippen LogP contribution in [0.1, 0.15) is 10.4 Å². The van der Waals surface area contributed by atoms with E-state index in [2.05, 4.69) is 15.9 Å². The normalized spacial score (nSPS) is 10.3. The van der Waals surface area contributed by atoms with E-state index in [-0.39, 0.29) is 19.1 Å². The van der Waals surface area contributed by atoms with Crippen molar-refractivity contribution in [1.29, 1.82) is 0 Å². The van der Waals surface area contributed by atoms with Crippen LogP contribution in [0, 0.1) is 0 Å². The van der Waals surface area contributed by atoms with Crippen molar-refractivity contribution < 1.29 is 9.90 Å². The van der Waals surface area contributed by atoms with Crippen LogP contribution in [0.4, 0.5) is 11.4 Å². The van der Waals surface area contributed by atoms with Gasteiger partial charge in [0.05, 0.1) is 23.5 Å². The number of benzene rings is 2. The van der Waals surface area contributed by atoms with Crippen LogP contribution in [0.5, 0.6) is 0 Å². The van der Waals surface area contributed by atoms with E-state index in [0.717, 1.165) is 0 Å². The molecule has 0 heterocycles. The number of nitrogens with zero attached hydrogens (tertiary/aromatic N) is 1. The van der Waals surface area contributed by atoms with Crippen LogP contribution in [-0.4, -0.2) is 24.2 Å². The van der Waals surface area contributed by atoms with Crippen molar-refractivity contribution in [1.82, 2.24) is 0 Å². The Morgan fingerprint density at radius 3 is 2.45 bits per heavy atom. The lowest BCUT2D eigenvalue weighted by atomic mass is 10.1. The molecule has 0 fully saturated rings. The Morgan fingerprint density at radius 1 is 1.15 bits per heavy atom. The summed E-state index contributed by atoms with van der Waals surface area (Å²) in [5.74, 6) is -0.204. The van der Waals surface area contributed by atoms with Gasteiger partial charge in [0.15, 0.2) is 0 Å². The van der Waals surface area contributed by atoms with Crippen LogP contribution in [-0.2, 0) is 0 Å². The van der Waals surface area contributed by atoms with Crippen LogP contribution < -0.4 is 10.6 Å². The molecule has 5 heteroatoms. The molecular formula is C15H15BrN2O2. The molecule has 2 aromatic carbocycles. The molecule has 104 valence electrons. The number of nitrogen functional groups attached to an aromatic ring is 1. The lowest BCUT2D eigenvalue weighted by Crippen LogP contribution is -2.34. The van der Waals surface area contributed by atoms with Gasteiger partial charge in [-0.1, -0.05) is 24.3 Å². The predicted octanol–water partition coefficient (Wildman–Crippen LogP) is 2.67. The fraction of sp³-hybridized carbons (Fsp3) is 0.133. The van der Waals surface area contributed by atoms with Crippen molar-refractivity contribution in [3.05, 3.63) is 58.6 Å². The Morgan fingerprint density at radius 2 is 1.80 bits per heavy atom. The summed E-state index contributed by atoms with van der Waals surface area (Å²) in [6.45, 7) is 0.0545. The summed E-state index contributed by atoms with van der Waals surface area (Å²) in [4.78, 5) is 14.1. The van der Waals surface area contributed by atoms with Crippen LogP contribution >= 0.6 is 15.9 Å². The topological polar surface area (TPSA) is 66.6 Å². The molecule has 0 saturated heterocycles. The first-order valence-corrected chi connectivity index (χ1v) is 6.96. The molecule has 0 saturated carbocycles. The van der Waals surface area contributed by atoms with Gasteiger partial charge in [-0.05, 0) is 40.2 Å². The van der Waals surface area contributed by atoms with Gasteiger partial charge in [0, 0.05) is 11.0 Å². The van der Waals surface area contributed by atoms with Gasteiger partial charge in [0.25, 0.3) is 5.91 Å². The molecule has 2 rings (SSSR count). The minimum Gasteiger partial charge on any atom is -0.397 e. The van der Waals surface area contributed by atoms with E-state index in [0.29, 0.717) is 21.4 Å². The van der Waals surface area contributed by atoms with Gasteiger partial charge in [-0.25, -0.2) is 0 Å². The van der Waals surface area contributed by atoms with Gasteiger partial charge < -0.3 is 15.7 Å². The van der Waals surface area contributed by atoms with Crippen molar-refractivity contribution in [2.45, 2.75) is 0 Å². The molecule has 0 aliphatic carbocycles. The van der Waals surface area contributed by atoms with Crippen molar-refractivity contribution >= 4 is 33.2 Å². The number of halogens is 1. The molecule has 0 atom stereocenters. The summed E-state index contributed by atoms with van der Waals surface area (Å²) in [7, 11) is 0. The second-order valence-corrected chi connectivity index (χ2v) is 5.07. The fourth-order valence-corrected chi connectivity index (χ4v) is 2.40. The van der Waals surface area contributed by atoms with Crippen LogP contribution in [0.15, 0.2) is 53.0 Å². The van der Waals surface area contributed by atoms with Gasteiger partial charge >= 0.3 is 0 Å². The Kier molecular flexibility index (Phi) is 4.76. The number of hydrogen-bond acceptors (Lipinski definition) is 3. The molecule has 3 N–H and O–H groups in total. The third-order valence-electron chi connectivity index (χ3n) is 2.90. The summed E-state index contributed by atoms with van der Waals surface area (Å²) in [6, 6.07) is 14.3. The standard InChI is InChI=1S/C15H15BrN2O2/c16-12-6-2-1-5-11(12)15(20)18(9-10-19)14-8-4-3-7-13(14)17/h1-8,19H,9-10,17H2. The average molecular weight is 335 g/mol. The largest absolute Gasteiger partial charge is 0.397 e. The number of carbonyl (C=O) groups is 1. The number of aliphatic hydroxyl groups is 1. The number of anilines is 2. The number of aliphatic hydroxyl groups excluding tert-OH is 1. The maximum Gasteiger partial charge on any atom is 0.259 e. The third-order valence-corrected chi connectivity index (χ3v) is 3.59. The van der Waals surface area contributed by atoms with E-state index in [1.54, 1.807) is 36.4 Å². The first-order valence-electron chi connectivity index (χ1n) is 6.17. The highest BCUT2D eigenvalue weighted by molar-refractivity contribution is 9.10. The summed E-state index contributed by atoms with van der Waals surface area (Å²) in [6.07, 6.45) is 0. The van der Waals surface area contributed by atoms with E-state index >= 15 is 0 Å². The lowest BCUT2D eigenvalue weighted by molar-refractivity contribution is 0.0980. The molecule has 0 radical (unpaired) electrons. The second-order valence-electron chi connectivity index (χ2n) is 4.22. The van der Waals surface area contributed by atoms with Gasteiger partial charge in [-0.15, -0.1) is 0 Å². The molecule has 0 spiro atoms. The molecule has 0 aliphatic rings. The Bertz CT molecular complexity index is 616. The highest BCUT2D eigenvalue weighted by atomic mass is 79.9. The van der Waals surface area contributed by atoms with Gasteiger partial charge in [-0.3, -0.25) is 4.79 Å². The van der Waals surface area contributed by atoms with E-state index in [4.69, 9.17) is 5.73 Å². The highest BCUT2D eigenvalue weighted by Crippen LogP contribution is 2.26. The molecule has 1 amide bonds. The molecule has 4 nitrogen and oxygen atoms in total. The molecule has 0 aliphatic heterocycles. The number of carbonyl (C=O) groups excluding carboxylic acids is 1. The van der Waals surface area contributed by atoms with Crippen molar-refractivity contribution in [2.24, 2.45) is 0 Å². The zero-order chi connectivity index (χ0) is 14.5. The summed E-state index contributed by atoms with van der Waals surface area (Å²) >= 11 is 3.37. The quantitative estimate of drug-likeness (QED) is 0.844. The molecule has 2 aromatic rings. The van der Waals surface area contributed by atoms with Crippen molar-refractivity contribution in [3.63, 3.8) is 0 Å². The minimum atomic E-state index is -0.204. The first-order chi connectivity index (χ1) is 9.65. The maximum atomic E-state index is 12.6. The highest BCUT2D eigenvalue weighted by Gasteiger charge is 2.20. The Balaban J connectivity index is 2.42. The Labute approximate surface area is 126 Å². The first kappa shape index (κ1) is 14.6. The SMILES string of the molecule is Nc1ccccc1N(CCO)C(=O)c1ccccc1Br. The van der Waals surface area contributed by atoms with E-state index < -0.39 is 0 Å².